The Morgan fingerprint density at radius 3 is 2.31 bits per heavy atom. The Morgan fingerprint density at radius 2 is 1.69 bits per heavy atom. The molecule has 1 aromatic heterocycles. The van der Waals surface area contributed by atoms with E-state index in [2.05, 4.69) is 10.3 Å². The van der Waals surface area contributed by atoms with Gasteiger partial charge in [-0.15, -0.1) is 0 Å². The summed E-state index contributed by atoms with van der Waals surface area (Å²) in [7, 11) is 1.60. The van der Waals surface area contributed by atoms with Gasteiger partial charge in [0, 0.05) is 7.11 Å². The van der Waals surface area contributed by atoms with Gasteiger partial charge in [-0.3, -0.25) is 5.32 Å². The normalized spacial score (nSPS) is 18.8. The van der Waals surface area contributed by atoms with Crippen molar-refractivity contribution in [2.45, 2.75) is 44.2 Å². The molecule has 1 saturated carbocycles. The second-order valence-corrected chi connectivity index (χ2v) is 8.61. The molecule has 7 nitrogen and oxygen atoms in total. The van der Waals surface area contributed by atoms with Gasteiger partial charge in [-0.25, -0.2) is 9.78 Å². The van der Waals surface area contributed by atoms with Gasteiger partial charge < -0.3 is 18.6 Å². The third-order valence-corrected chi connectivity index (χ3v) is 6.16. The monoisotopic (exact) mass is 472 g/mol. The molecule has 3 atom stereocenters. The van der Waals surface area contributed by atoms with Crippen molar-refractivity contribution in [2.75, 3.05) is 12.4 Å². The summed E-state index contributed by atoms with van der Waals surface area (Å²) in [6, 6.07) is 24.5. The summed E-state index contributed by atoms with van der Waals surface area (Å²) in [4.78, 5) is 16.8. The van der Waals surface area contributed by atoms with Crippen LogP contribution in [0.1, 0.15) is 42.4 Å². The molecule has 1 aliphatic carbocycles. The smallest absolute Gasteiger partial charge is 0.412 e. The number of para-hydroxylation sites is 1. The zero-order valence-electron chi connectivity index (χ0n) is 19.6. The maximum absolute atomic E-state index is 12.2. The predicted molar refractivity (Wildman–Crippen MR) is 132 cm³/mol. The lowest BCUT2D eigenvalue weighted by Crippen LogP contribution is -2.25. The molecule has 35 heavy (non-hydrogen) atoms. The summed E-state index contributed by atoms with van der Waals surface area (Å²) in [5.41, 5.74) is 3.42. The lowest BCUT2D eigenvalue weighted by atomic mass is 10.1. The van der Waals surface area contributed by atoms with Crippen molar-refractivity contribution in [3.8, 4) is 0 Å². The van der Waals surface area contributed by atoms with Crippen LogP contribution in [0, 0.1) is 0 Å². The van der Waals surface area contributed by atoms with Gasteiger partial charge in [0.05, 0.1) is 17.9 Å². The second kappa shape index (κ2) is 10.7. The molecule has 2 saturated heterocycles. The topological polar surface area (TPSA) is 82.8 Å². The number of aromatic nitrogens is 1. The molecule has 3 heterocycles. The van der Waals surface area contributed by atoms with Gasteiger partial charge in [-0.1, -0.05) is 66.7 Å². The van der Waals surface area contributed by atoms with Crippen molar-refractivity contribution in [3.05, 3.63) is 95.9 Å². The summed E-state index contributed by atoms with van der Waals surface area (Å²) in [6.07, 6.45) is 4.41. The average molecular weight is 473 g/mol. The third kappa shape index (κ3) is 5.53. The molecule has 1 amide bonds. The number of nitrogens with one attached hydrogen (secondary N) is 1. The molecule has 3 unspecified atom stereocenters. The summed E-state index contributed by atoms with van der Waals surface area (Å²) in [5.74, 6) is 0.417. The number of benzene rings is 3. The summed E-state index contributed by atoms with van der Waals surface area (Å²) in [6.45, 7) is 0.185. The van der Waals surface area contributed by atoms with E-state index >= 15 is 0 Å². The Balaban J connectivity index is 0.000000362. The predicted octanol–water partition coefficient (Wildman–Crippen LogP) is 6.25. The maximum Gasteiger partial charge on any atom is 0.412 e. The Kier molecular flexibility index (Phi) is 7.07. The van der Waals surface area contributed by atoms with E-state index in [9.17, 15) is 4.79 Å². The highest BCUT2D eigenvalue weighted by molar-refractivity contribution is 5.95. The average Bonchev–Trinajstić information content (AvgIpc) is 3.63. The van der Waals surface area contributed by atoms with Crippen LogP contribution in [0.15, 0.2) is 83.3 Å². The highest BCUT2D eigenvalue weighted by atomic mass is 16.5. The van der Waals surface area contributed by atoms with E-state index in [0.29, 0.717) is 34.9 Å². The number of nitrogens with zero attached hydrogens (tertiary/aromatic N) is 1. The molecule has 0 spiro atoms. The zero-order chi connectivity index (χ0) is 24.0. The van der Waals surface area contributed by atoms with Gasteiger partial charge in [0.25, 0.3) is 0 Å². The number of rotatable bonds is 6. The fourth-order valence-corrected chi connectivity index (χ4v) is 4.35. The van der Waals surface area contributed by atoms with E-state index in [1.807, 2.05) is 66.7 Å². The van der Waals surface area contributed by atoms with Crippen LogP contribution in [0.3, 0.4) is 0 Å². The summed E-state index contributed by atoms with van der Waals surface area (Å²) < 4.78 is 22.1. The number of hydrogen-bond acceptors (Lipinski definition) is 6. The van der Waals surface area contributed by atoms with Gasteiger partial charge in [-0.2, -0.15) is 0 Å². The number of anilines is 1. The van der Waals surface area contributed by atoms with Gasteiger partial charge >= 0.3 is 6.09 Å². The molecule has 7 rings (SSSR count). The van der Waals surface area contributed by atoms with Gasteiger partial charge in [-0.05, 0) is 42.5 Å². The number of oxazole rings is 1. The highest BCUT2D eigenvalue weighted by Crippen LogP contribution is 2.36. The molecule has 2 aliphatic heterocycles. The number of carbonyl (C=O) groups is 1. The lowest BCUT2D eigenvalue weighted by molar-refractivity contribution is -0.0647. The van der Waals surface area contributed by atoms with Crippen LogP contribution in [-0.2, 0) is 20.8 Å². The van der Waals surface area contributed by atoms with E-state index < -0.39 is 12.2 Å². The van der Waals surface area contributed by atoms with Crippen LogP contribution in [0.25, 0.3) is 11.1 Å². The Morgan fingerprint density at radius 1 is 1.00 bits per heavy atom. The van der Waals surface area contributed by atoms with Crippen molar-refractivity contribution in [3.63, 3.8) is 0 Å². The highest BCUT2D eigenvalue weighted by Gasteiger charge is 2.36. The van der Waals surface area contributed by atoms with Crippen LogP contribution in [0.2, 0.25) is 0 Å². The van der Waals surface area contributed by atoms with Crippen LogP contribution >= 0.6 is 0 Å². The first-order valence-corrected chi connectivity index (χ1v) is 11.8. The Hall–Kier alpha value is -3.68. The number of amides is 1. The van der Waals surface area contributed by atoms with E-state index in [1.165, 1.54) is 19.3 Å². The molecular formula is C28H28N2O5. The van der Waals surface area contributed by atoms with E-state index in [1.54, 1.807) is 19.2 Å². The molecule has 3 aliphatic rings. The first-order chi connectivity index (χ1) is 17.2. The summed E-state index contributed by atoms with van der Waals surface area (Å²) >= 11 is 0. The van der Waals surface area contributed by atoms with E-state index in [-0.39, 0.29) is 6.61 Å². The maximum atomic E-state index is 12.2. The van der Waals surface area contributed by atoms with Crippen molar-refractivity contribution < 1.29 is 23.4 Å². The standard InChI is InChI=1S/C23H20N2O4.C5H8O/c1-27-20(17-11-6-3-7-12-17)22-24-18-13-8-14-19(21(18)29-22)25-23(26)28-15-16-9-4-2-5-10-16;1-2-5-3-4(1)6-5/h2-14,20H,15H2,1H3,(H,25,26);4-5H,1-3H2. The van der Waals surface area contributed by atoms with E-state index in [0.717, 1.165) is 11.1 Å². The quantitative estimate of drug-likeness (QED) is 0.357. The largest absolute Gasteiger partial charge is 0.444 e. The number of carbonyl (C=O) groups excluding carboxylic acids is 1. The third-order valence-electron chi connectivity index (χ3n) is 6.16. The molecule has 0 radical (unpaired) electrons. The molecule has 2 bridgehead atoms. The fraction of sp³-hybridized carbons (Fsp3) is 0.286. The minimum absolute atomic E-state index is 0.185. The molecule has 7 heteroatoms. The molecule has 3 aromatic carbocycles. The van der Waals surface area contributed by atoms with Crippen molar-refractivity contribution in [2.24, 2.45) is 0 Å². The van der Waals surface area contributed by atoms with Crippen LogP contribution < -0.4 is 5.32 Å². The van der Waals surface area contributed by atoms with Crippen molar-refractivity contribution in [1.29, 1.82) is 0 Å². The summed E-state index contributed by atoms with van der Waals surface area (Å²) in [5, 5.41) is 2.73. The van der Waals surface area contributed by atoms with Crippen LogP contribution in [-0.4, -0.2) is 30.4 Å². The molecule has 4 aromatic rings. The van der Waals surface area contributed by atoms with Crippen molar-refractivity contribution in [1.82, 2.24) is 4.98 Å². The number of ether oxygens (including phenoxy) is 3. The lowest BCUT2D eigenvalue weighted by Gasteiger charge is -2.23. The SMILES string of the molecule is C1CC2CC1O2.COC(c1ccccc1)c1nc2cccc(NC(=O)OCc3ccccc3)c2o1. The minimum atomic E-state index is -0.564. The van der Waals surface area contributed by atoms with Gasteiger partial charge in [0.2, 0.25) is 5.89 Å². The van der Waals surface area contributed by atoms with Gasteiger partial charge in [0.15, 0.2) is 11.7 Å². The molecule has 1 N–H and O–H groups in total. The number of fused-ring (bicyclic) bond motifs is 2. The van der Waals surface area contributed by atoms with Crippen LogP contribution in [0.4, 0.5) is 10.5 Å². The second-order valence-electron chi connectivity index (χ2n) is 8.61. The first kappa shape index (κ1) is 23.1. The minimum Gasteiger partial charge on any atom is -0.444 e. The zero-order valence-corrected chi connectivity index (χ0v) is 19.6. The molecule has 180 valence electrons. The molecule has 3 fully saturated rings. The van der Waals surface area contributed by atoms with Crippen LogP contribution in [0.5, 0.6) is 0 Å². The first-order valence-electron chi connectivity index (χ1n) is 11.8. The Labute approximate surface area is 204 Å². The van der Waals surface area contributed by atoms with E-state index in [4.69, 9.17) is 18.6 Å². The number of methoxy groups -OCH3 is 1. The van der Waals surface area contributed by atoms with Crippen molar-refractivity contribution >= 4 is 22.9 Å². The fourth-order valence-electron chi connectivity index (χ4n) is 4.35. The van der Waals surface area contributed by atoms with Gasteiger partial charge in [0.1, 0.15) is 12.1 Å². The molecular weight excluding hydrogens is 444 g/mol. The Bertz CT molecular complexity index is 1240. The number of hydrogen-bond donors (Lipinski definition) is 1.